The van der Waals surface area contributed by atoms with Crippen LogP contribution < -0.4 is 0 Å². The molecule has 1 aromatic rings. The van der Waals surface area contributed by atoms with Gasteiger partial charge in [-0.05, 0) is 24.6 Å². The minimum Gasteiger partial charge on any atom is -0.460 e. The van der Waals surface area contributed by atoms with Crippen molar-refractivity contribution in [3.63, 3.8) is 0 Å². The molecule has 21 heavy (non-hydrogen) atoms. The predicted octanol–water partition coefficient (Wildman–Crippen LogP) is 1.94. The highest BCUT2D eigenvalue weighted by molar-refractivity contribution is 7.86. The average molecular weight is 313 g/mol. The molecule has 1 atom stereocenters. The zero-order valence-electron chi connectivity index (χ0n) is 11.6. The summed E-state index contributed by atoms with van der Waals surface area (Å²) in [5.41, 5.74) is 9.15. The molecule has 9 heteroatoms. The van der Waals surface area contributed by atoms with Gasteiger partial charge in [0.05, 0.1) is 11.4 Å². The van der Waals surface area contributed by atoms with Crippen molar-refractivity contribution in [2.75, 3.05) is 13.2 Å². The first-order valence-electron chi connectivity index (χ1n) is 5.99. The van der Waals surface area contributed by atoms with E-state index < -0.39 is 28.8 Å². The van der Waals surface area contributed by atoms with E-state index in [1.807, 2.05) is 6.92 Å². The minimum atomic E-state index is -3.96. The smallest absolute Gasteiger partial charge is 0.302 e. The van der Waals surface area contributed by atoms with Crippen molar-refractivity contribution in [2.24, 2.45) is 5.11 Å². The molecule has 0 aliphatic rings. The highest BCUT2D eigenvalue weighted by Crippen LogP contribution is 2.14. The van der Waals surface area contributed by atoms with Crippen LogP contribution in [0.25, 0.3) is 10.4 Å². The Morgan fingerprint density at radius 3 is 2.52 bits per heavy atom. The van der Waals surface area contributed by atoms with Gasteiger partial charge < -0.3 is 4.74 Å². The van der Waals surface area contributed by atoms with Crippen molar-refractivity contribution in [3.05, 3.63) is 40.3 Å². The van der Waals surface area contributed by atoms with Gasteiger partial charge >= 0.3 is 5.97 Å². The SMILES string of the molecule is CC(=O)OC(CN=[N+]=[N-])COS(=O)(=O)c1ccc(C)cc1. The van der Waals surface area contributed by atoms with Crippen molar-refractivity contribution in [1.82, 2.24) is 0 Å². The van der Waals surface area contributed by atoms with E-state index in [-0.39, 0.29) is 11.4 Å². The molecule has 8 nitrogen and oxygen atoms in total. The summed E-state index contributed by atoms with van der Waals surface area (Å²) < 4.78 is 33.5. The van der Waals surface area contributed by atoms with Crippen LogP contribution in [0.5, 0.6) is 0 Å². The van der Waals surface area contributed by atoms with Gasteiger partial charge in [-0.25, -0.2) is 0 Å². The second kappa shape index (κ2) is 7.63. The van der Waals surface area contributed by atoms with E-state index >= 15 is 0 Å². The van der Waals surface area contributed by atoms with Crippen LogP contribution in [0.2, 0.25) is 0 Å². The van der Waals surface area contributed by atoms with Crippen LogP contribution in [0.4, 0.5) is 0 Å². The van der Waals surface area contributed by atoms with E-state index in [0.717, 1.165) is 12.5 Å². The first-order valence-corrected chi connectivity index (χ1v) is 7.40. The molecular weight excluding hydrogens is 298 g/mol. The molecule has 1 rings (SSSR count). The Labute approximate surface area is 122 Å². The maximum Gasteiger partial charge on any atom is 0.302 e. The molecule has 0 spiro atoms. The lowest BCUT2D eigenvalue weighted by Gasteiger charge is -2.14. The lowest BCUT2D eigenvalue weighted by atomic mass is 10.2. The van der Waals surface area contributed by atoms with Gasteiger partial charge in [0.1, 0.15) is 12.7 Å². The quantitative estimate of drug-likeness (QED) is 0.250. The fourth-order valence-corrected chi connectivity index (χ4v) is 2.36. The zero-order chi connectivity index (χ0) is 15.9. The molecule has 0 aliphatic carbocycles. The van der Waals surface area contributed by atoms with Crippen LogP contribution in [0, 0.1) is 6.92 Å². The Hall–Kier alpha value is -2.09. The Morgan fingerprint density at radius 1 is 1.38 bits per heavy atom. The third kappa shape index (κ3) is 5.82. The van der Waals surface area contributed by atoms with Gasteiger partial charge in [-0.1, -0.05) is 22.8 Å². The number of azide groups is 1. The number of carbonyl (C=O) groups excluding carboxylic acids is 1. The number of rotatable bonds is 7. The highest BCUT2D eigenvalue weighted by atomic mass is 32.2. The summed E-state index contributed by atoms with van der Waals surface area (Å²) in [4.78, 5) is 13.4. The van der Waals surface area contributed by atoms with Crippen molar-refractivity contribution < 1.29 is 22.1 Å². The van der Waals surface area contributed by atoms with Crippen molar-refractivity contribution in [1.29, 1.82) is 0 Å². The average Bonchev–Trinajstić information content (AvgIpc) is 2.42. The molecule has 0 heterocycles. The second-order valence-corrected chi connectivity index (χ2v) is 5.81. The molecule has 0 saturated heterocycles. The van der Waals surface area contributed by atoms with Crippen LogP contribution in [0.3, 0.4) is 0 Å². The zero-order valence-corrected chi connectivity index (χ0v) is 12.4. The maximum atomic E-state index is 11.9. The molecule has 0 N–H and O–H groups in total. The molecule has 0 aromatic heterocycles. The highest BCUT2D eigenvalue weighted by Gasteiger charge is 2.19. The second-order valence-electron chi connectivity index (χ2n) is 4.20. The number of aryl methyl sites for hydroxylation is 1. The van der Waals surface area contributed by atoms with Gasteiger partial charge in [0, 0.05) is 11.8 Å². The van der Waals surface area contributed by atoms with Crippen LogP contribution >= 0.6 is 0 Å². The van der Waals surface area contributed by atoms with Gasteiger partial charge in [0.2, 0.25) is 0 Å². The first-order chi connectivity index (χ1) is 9.85. The molecule has 0 radical (unpaired) electrons. The molecule has 114 valence electrons. The van der Waals surface area contributed by atoms with E-state index in [2.05, 4.69) is 10.0 Å². The minimum absolute atomic E-state index is 0.00143. The van der Waals surface area contributed by atoms with E-state index in [0.29, 0.717) is 0 Å². The Kier molecular flexibility index (Phi) is 6.16. The number of hydrogen-bond donors (Lipinski definition) is 0. The van der Waals surface area contributed by atoms with E-state index in [1.54, 1.807) is 12.1 Å². The molecule has 0 aliphatic heterocycles. The number of esters is 1. The van der Waals surface area contributed by atoms with Gasteiger partial charge in [-0.2, -0.15) is 8.42 Å². The standard InChI is InChI=1S/C12H15N3O5S/c1-9-3-5-12(6-4-9)21(17,18)19-8-11(7-14-15-13)20-10(2)16/h3-6,11H,7-8H2,1-2H3. The molecule has 0 fully saturated rings. The summed E-state index contributed by atoms with van der Waals surface area (Å²) in [7, 11) is -3.96. The van der Waals surface area contributed by atoms with E-state index in [4.69, 9.17) is 14.5 Å². The summed E-state index contributed by atoms with van der Waals surface area (Å²) in [5.74, 6) is -0.621. The third-order valence-electron chi connectivity index (χ3n) is 2.40. The Morgan fingerprint density at radius 2 is 2.00 bits per heavy atom. The van der Waals surface area contributed by atoms with Crippen LogP contribution in [0.15, 0.2) is 34.3 Å². The van der Waals surface area contributed by atoms with Crippen molar-refractivity contribution in [2.45, 2.75) is 24.8 Å². The van der Waals surface area contributed by atoms with Crippen LogP contribution in [-0.2, 0) is 23.8 Å². The fraction of sp³-hybridized carbons (Fsp3) is 0.417. The lowest BCUT2D eigenvalue weighted by Crippen LogP contribution is -2.27. The third-order valence-corrected chi connectivity index (χ3v) is 3.70. The molecule has 0 amide bonds. The summed E-state index contributed by atoms with van der Waals surface area (Å²) in [6.45, 7) is 2.36. The summed E-state index contributed by atoms with van der Waals surface area (Å²) in [6, 6.07) is 6.11. The van der Waals surface area contributed by atoms with E-state index in [1.165, 1.54) is 12.1 Å². The van der Waals surface area contributed by atoms with Gasteiger partial charge in [-0.3, -0.25) is 8.98 Å². The topological polar surface area (TPSA) is 118 Å². The first kappa shape index (κ1) is 17.0. The summed E-state index contributed by atoms with van der Waals surface area (Å²) in [5, 5.41) is 3.24. The van der Waals surface area contributed by atoms with Gasteiger partial charge in [0.25, 0.3) is 10.1 Å². The van der Waals surface area contributed by atoms with E-state index in [9.17, 15) is 13.2 Å². The number of benzene rings is 1. The van der Waals surface area contributed by atoms with Crippen LogP contribution in [-0.4, -0.2) is 33.6 Å². The summed E-state index contributed by atoms with van der Waals surface area (Å²) >= 11 is 0. The lowest BCUT2D eigenvalue weighted by molar-refractivity contribution is -0.147. The van der Waals surface area contributed by atoms with Crippen LogP contribution in [0.1, 0.15) is 12.5 Å². The van der Waals surface area contributed by atoms with Gasteiger partial charge in [-0.15, -0.1) is 0 Å². The molecule has 0 bridgehead atoms. The summed E-state index contributed by atoms with van der Waals surface area (Å²) in [6.07, 6.45) is -0.960. The normalized spacial score (nSPS) is 12.3. The Bertz CT molecular complexity index is 631. The number of hydrogen-bond acceptors (Lipinski definition) is 6. The number of nitrogens with zero attached hydrogens (tertiary/aromatic N) is 3. The monoisotopic (exact) mass is 313 g/mol. The van der Waals surface area contributed by atoms with Crippen molar-refractivity contribution in [3.8, 4) is 0 Å². The molecule has 1 aromatic carbocycles. The predicted molar refractivity (Wildman–Crippen MR) is 73.9 cm³/mol. The molecule has 0 saturated carbocycles. The molecular formula is C12H15N3O5S. The van der Waals surface area contributed by atoms with Gasteiger partial charge in [0.15, 0.2) is 0 Å². The fourth-order valence-electron chi connectivity index (χ4n) is 1.42. The van der Waals surface area contributed by atoms with Crippen molar-refractivity contribution >= 4 is 16.1 Å². The Balaban J connectivity index is 2.75. The number of carbonyl (C=O) groups is 1. The maximum absolute atomic E-state index is 11.9. The number of ether oxygens (including phenoxy) is 1. The largest absolute Gasteiger partial charge is 0.460 e. The molecule has 1 unspecified atom stereocenters.